The van der Waals surface area contributed by atoms with Gasteiger partial charge in [0.1, 0.15) is 0 Å². The van der Waals surface area contributed by atoms with Crippen LogP contribution >= 0.6 is 27.5 Å². The highest BCUT2D eigenvalue weighted by Gasteiger charge is 2.31. The number of rotatable bonds is 5. The molecule has 4 rings (SSSR count). The van der Waals surface area contributed by atoms with Gasteiger partial charge in [0.05, 0.1) is 21.8 Å². The summed E-state index contributed by atoms with van der Waals surface area (Å²) in [5.41, 5.74) is 1.70. The number of nitrogens with zero attached hydrogens (tertiary/aromatic N) is 1. The molecule has 0 saturated heterocycles. The van der Waals surface area contributed by atoms with Crippen LogP contribution in [-0.2, 0) is 16.4 Å². The summed E-state index contributed by atoms with van der Waals surface area (Å²) in [4.78, 5) is 24.1. The van der Waals surface area contributed by atoms with Crippen LogP contribution in [0.25, 0.3) is 0 Å². The lowest BCUT2D eigenvalue weighted by Crippen LogP contribution is -2.29. The standard InChI is InChI=1S/C22H16BrClN2O5S/c23-15-4-8-19(18(11-15)22(28)29)25-21(27)14-2-6-17(7-3-14)32(30,31)26-10-9-13-1-5-16(24)12-20(13)26/h1-8,11-12H,9-10H2,(H,25,27)(H,28,29). The number of hydrogen-bond acceptors (Lipinski definition) is 4. The highest BCUT2D eigenvalue weighted by molar-refractivity contribution is 9.10. The van der Waals surface area contributed by atoms with Crippen molar-refractivity contribution >= 4 is 60.8 Å². The Kier molecular flexibility index (Phi) is 5.98. The summed E-state index contributed by atoms with van der Waals surface area (Å²) in [6, 6.07) is 15.1. The first-order chi connectivity index (χ1) is 15.2. The first-order valence-electron chi connectivity index (χ1n) is 9.42. The van der Waals surface area contributed by atoms with E-state index in [-0.39, 0.29) is 21.7 Å². The second-order valence-corrected chi connectivity index (χ2v) is 10.3. The van der Waals surface area contributed by atoms with E-state index in [1.165, 1.54) is 40.7 Å². The molecule has 0 aromatic heterocycles. The van der Waals surface area contributed by atoms with Crippen LogP contribution in [0.4, 0.5) is 11.4 Å². The summed E-state index contributed by atoms with van der Waals surface area (Å²) in [6.45, 7) is 0.307. The van der Waals surface area contributed by atoms with Gasteiger partial charge in [-0.2, -0.15) is 0 Å². The summed E-state index contributed by atoms with van der Waals surface area (Å²) in [5.74, 6) is -1.74. The van der Waals surface area contributed by atoms with Crippen molar-refractivity contribution < 1.29 is 23.1 Å². The molecule has 0 aliphatic carbocycles. The molecule has 2 N–H and O–H groups in total. The number of halogens is 2. The molecule has 0 unspecified atom stereocenters. The van der Waals surface area contributed by atoms with Crippen LogP contribution in [0, 0.1) is 0 Å². The topological polar surface area (TPSA) is 104 Å². The molecule has 1 heterocycles. The molecule has 0 bridgehead atoms. The number of benzene rings is 3. The number of nitrogens with one attached hydrogen (secondary N) is 1. The molecule has 7 nitrogen and oxygen atoms in total. The van der Waals surface area contributed by atoms with Crippen molar-refractivity contribution in [3.05, 3.63) is 86.8 Å². The minimum Gasteiger partial charge on any atom is -0.478 e. The van der Waals surface area contributed by atoms with E-state index in [0.717, 1.165) is 5.56 Å². The number of aromatic carboxylic acids is 1. The van der Waals surface area contributed by atoms with Crippen LogP contribution in [-0.4, -0.2) is 31.9 Å². The van der Waals surface area contributed by atoms with E-state index < -0.39 is 21.9 Å². The fourth-order valence-corrected chi connectivity index (χ4v) is 5.50. The molecule has 10 heteroatoms. The highest BCUT2D eigenvalue weighted by Crippen LogP contribution is 2.35. The molecular weight excluding hydrogens is 520 g/mol. The molecule has 3 aromatic rings. The number of carbonyl (C=O) groups excluding carboxylic acids is 1. The summed E-state index contributed by atoms with van der Waals surface area (Å²) < 4.78 is 28.2. The van der Waals surface area contributed by atoms with Crippen molar-refractivity contribution in [3.63, 3.8) is 0 Å². The van der Waals surface area contributed by atoms with E-state index in [2.05, 4.69) is 21.2 Å². The van der Waals surface area contributed by atoms with E-state index in [0.29, 0.717) is 28.1 Å². The number of carbonyl (C=O) groups is 2. The fraction of sp³-hybridized carbons (Fsp3) is 0.0909. The maximum Gasteiger partial charge on any atom is 0.337 e. The van der Waals surface area contributed by atoms with Crippen LogP contribution < -0.4 is 9.62 Å². The largest absolute Gasteiger partial charge is 0.478 e. The number of sulfonamides is 1. The molecule has 0 atom stereocenters. The Labute approximate surface area is 197 Å². The molecular formula is C22H16BrClN2O5S. The zero-order valence-electron chi connectivity index (χ0n) is 16.4. The fourth-order valence-electron chi connectivity index (χ4n) is 3.48. The Hall–Kier alpha value is -2.88. The number of fused-ring (bicyclic) bond motifs is 1. The first-order valence-corrected chi connectivity index (χ1v) is 12.0. The maximum atomic E-state index is 13.1. The number of anilines is 2. The molecule has 32 heavy (non-hydrogen) atoms. The normalized spacial score (nSPS) is 13.0. The van der Waals surface area contributed by atoms with E-state index in [1.807, 2.05) is 6.07 Å². The van der Waals surface area contributed by atoms with Gasteiger partial charge < -0.3 is 10.4 Å². The number of hydrogen-bond donors (Lipinski definition) is 2. The molecule has 3 aromatic carbocycles. The van der Waals surface area contributed by atoms with Gasteiger partial charge in [0.25, 0.3) is 15.9 Å². The monoisotopic (exact) mass is 534 g/mol. The van der Waals surface area contributed by atoms with Crippen molar-refractivity contribution in [1.29, 1.82) is 0 Å². The van der Waals surface area contributed by atoms with Gasteiger partial charge in [0.15, 0.2) is 0 Å². The zero-order chi connectivity index (χ0) is 23.0. The number of amides is 1. The second kappa shape index (κ2) is 8.57. The Morgan fingerprint density at radius 1 is 1.03 bits per heavy atom. The third kappa shape index (κ3) is 4.23. The summed E-state index contributed by atoms with van der Waals surface area (Å²) in [7, 11) is -3.83. The lowest BCUT2D eigenvalue weighted by Gasteiger charge is -2.20. The van der Waals surface area contributed by atoms with Gasteiger partial charge in [0, 0.05) is 21.6 Å². The molecule has 0 spiro atoms. The summed E-state index contributed by atoms with van der Waals surface area (Å²) >= 11 is 9.24. The maximum absolute atomic E-state index is 13.1. The molecule has 0 saturated carbocycles. The SMILES string of the molecule is O=C(Nc1ccc(Br)cc1C(=O)O)c1ccc(S(=O)(=O)N2CCc3ccc(Cl)cc32)cc1. The smallest absolute Gasteiger partial charge is 0.337 e. The zero-order valence-corrected chi connectivity index (χ0v) is 19.5. The third-order valence-electron chi connectivity index (χ3n) is 5.06. The van der Waals surface area contributed by atoms with Crippen molar-refractivity contribution in [2.75, 3.05) is 16.2 Å². The van der Waals surface area contributed by atoms with E-state index >= 15 is 0 Å². The lowest BCUT2D eigenvalue weighted by molar-refractivity contribution is 0.0698. The molecule has 1 amide bonds. The Morgan fingerprint density at radius 3 is 2.44 bits per heavy atom. The Bertz CT molecular complexity index is 1340. The van der Waals surface area contributed by atoms with E-state index in [4.69, 9.17) is 11.6 Å². The third-order valence-corrected chi connectivity index (χ3v) is 7.62. The van der Waals surface area contributed by atoms with Gasteiger partial charge in [-0.15, -0.1) is 0 Å². The van der Waals surface area contributed by atoms with E-state index in [1.54, 1.807) is 18.2 Å². The molecule has 1 aliphatic heterocycles. The lowest BCUT2D eigenvalue weighted by atomic mass is 10.1. The average molecular weight is 536 g/mol. The second-order valence-electron chi connectivity index (χ2n) is 7.07. The quantitative estimate of drug-likeness (QED) is 0.488. The first kappa shape index (κ1) is 22.3. The number of carboxylic acids is 1. The van der Waals surface area contributed by atoms with E-state index in [9.17, 15) is 23.1 Å². The van der Waals surface area contributed by atoms with Crippen LogP contribution in [0.3, 0.4) is 0 Å². The Morgan fingerprint density at radius 2 is 1.75 bits per heavy atom. The average Bonchev–Trinajstić information content (AvgIpc) is 3.18. The highest BCUT2D eigenvalue weighted by atomic mass is 79.9. The van der Waals surface area contributed by atoms with Gasteiger partial charge in [-0.05, 0) is 66.6 Å². The van der Waals surface area contributed by atoms with Crippen LogP contribution in [0.15, 0.2) is 70.0 Å². The van der Waals surface area contributed by atoms with Crippen LogP contribution in [0.2, 0.25) is 5.02 Å². The predicted octanol–water partition coefficient (Wildman–Crippen LogP) is 4.80. The predicted molar refractivity (Wildman–Crippen MR) is 125 cm³/mol. The van der Waals surface area contributed by atoms with Gasteiger partial charge in [-0.3, -0.25) is 9.10 Å². The van der Waals surface area contributed by atoms with Crippen molar-refractivity contribution in [1.82, 2.24) is 0 Å². The molecule has 164 valence electrons. The number of carboxylic acid groups (broad SMARTS) is 1. The van der Waals surface area contributed by atoms with Gasteiger partial charge >= 0.3 is 5.97 Å². The van der Waals surface area contributed by atoms with Gasteiger partial charge in [-0.1, -0.05) is 33.6 Å². The molecule has 0 radical (unpaired) electrons. The van der Waals surface area contributed by atoms with Crippen LogP contribution in [0.5, 0.6) is 0 Å². The Balaban J connectivity index is 1.57. The van der Waals surface area contributed by atoms with Crippen molar-refractivity contribution in [3.8, 4) is 0 Å². The molecule has 0 fully saturated rings. The summed E-state index contributed by atoms with van der Waals surface area (Å²) in [5, 5.41) is 12.3. The summed E-state index contributed by atoms with van der Waals surface area (Å²) in [6.07, 6.45) is 0.589. The van der Waals surface area contributed by atoms with Crippen molar-refractivity contribution in [2.24, 2.45) is 0 Å². The van der Waals surface area contributed by atoms with Gasteiger partial charge in [-0.25, -0.2) is 13.2 Å². The van der Waals surface area contributed by atoms with Crippen molar-refractivity contribution in [2.45, 2.75) is 11.3 Å². The minimum absolute atomic E-state index is 0.0387. The molecule has 1 aliphatic rings. The van der Waals surface area contributed by atoms with Gasteiger partial charge in [0.2, 0.25) is 0 Å². The van der Waals surface area contributed by atoms with Crippen LogP contribution in [0.1, 0.15) is 26.3 Å². The minimum atomic E-state index is -3.83.